The van der Waals surface area contributed by atoms with Gasteiger partial charge in [0.05, 0.1) is 23.7 Å². The van der Waals surface area contributed by atoms with E-state index >= 15 is 0 Å². The summed E-state index contributed by atoms with van der Waals surface area (Å²) in [5, 5.41) is 9.53. The third-order valence-corrected chi connectivity index (χ3v) is 2.91. The molecular weight excluding hydrogens is 291 g/mol. The maximum atomic E-state index is 11.9. The Morgan fingerprint density at radius 3 is 2.63 bits per heavy atom. The third-order valence-electron chi connectivity index (χ3n) is 2.35. The van der Waals surface area contributed by atoms with Gasteiger partial charge in [0.1, 0.15) is 12.2 Å². The molecule has 2 aromatic rings. The lowest BCUT2D eigenvalue weighted by molar-refractivity contribution is 0.0950. The van der Waals surface area contributed by atoms with Crippen LogP contribution in [0.5, 0.6) is 5.75 Å². The predicted octanol–water partition coefficient (Wildman–Crippen LogP) is 2.05. The molecule has 1 aromatic heterocycles. The quantitative estimate of drug-likeness (QED) is 0.905. The molecule has 0 aliphatic carbocycles. The Morgan fingerprint density at radius 1 is 1.42 bits per heavy atom. The van der Waals surface area contributed by atoms with E-state index in [0.29, 0.717) is 17.1 Å². The van der Waals surface area contributed by atoms with Gasteiger partial charge in [-0.25, -0.2) is 4.98 Å². The number of aromatic nitrogens is 3. The molecule has 1 heterocycles. The molecule has 0 saturated heterocycles. The summed E-state index contributed by atoms with van der Waals surface area (Å²) in [7, 11) is 1.46. The van der Waals surface area contributed by atoms with Crippen molar-refractivity contribution in [3.8, 4) is 5.75 Å². The summed E-state index contributed by atoms with van der Waals surface area (Å²) < 4.78 is 5.01. The molecule has 0 radical (unpaired) electrons. The maximum Gasteiger partial charge on any atom is 0.251 e. The van der Waals surface area contributed by atoms with Crippen molar-refractivity contribution < 1.29 is 9.53 Å². The minimum atomic E-state index is -0.317. The first kappa shape index (κ1) is 13.6. The molecule has 0 atom stereocenters. The van der Waals surface area contributed by atoms with Gasteiger partial charge in [-0.15, -0.1) is 0 Å². The number of nitrogens with one attached hydrogen (secondary N) is 2. The normalized spacial score (nSPS) is 10.3. The van der Waals surface area contributed by atoms with E-state index < -0.39 is 0 Å². The lowest BCUT2D eigenvalue weighted by atomic mass is 10.2. The summed E-state index contributed by atoms with van der Waals surface area (Å²) >= 11 is 11.9. The molecule has 8 heteroatoms. The van der Waals surface area contributed by atoms with Crippen LogP contribution in [0.25, 0.3) is 0 Å². The molecule has 2 N–H and O–H groups in total. The average molecular weight is 301 g/mol. The van der Waals surface area contributed by atoms with Crippen molar-refractivity contribution in [3.05, 3.63) is 39.9 Å². The minimum absolute atomic E-state index is 0.236. The number of aromatic amines is 1. The van der Waals surface area contributed by atoms with Gasteiger partial charge in [-0.2, -0.15) is 5.10 Å². The molecule has 19 heavy (non-hydrogen) atoms. The van der Waals surface area contributed by atoms with Crippen LogP contribution in [0.15, 0.2) is 18.5 Å². The highest BCUT2D eigenvalue weighted by molar-refractivity contribution is 6.37. The number of carbonyl (C=O) groups is 1. The molecule has 1 amide bonds. The number of benzene rings is 1. The van der Waals surface area contributed by atoms with E-state index in [4.69, 9.17) is 27.9 Å². The van der Waals surface area contributed by atoms with Crippen molar-refractivity contribution in [2.45, 2.75) is 6.54 Å². The Bertz CT molecular complexity index is 563. The van der Waals surface area contributed by atoms with E-state index in [1.165, 1.54) is 25.6 Å². The first-order valence-corrected chi connectivity index (χ1v) is 6.03. The zero-order valence-electron chi connectivity index (χ0n) is 9.91. The fraction of sp³-hybridized carbons (Fsp3) is 0.182. The van der Waals surface area contributed by atoms with Crippen LogP contribution in [0.2, 0.25) is 10.0 Å². The standard InChI is InChI=1S/C11H10Cl2N4O2/c1-19-10-7(12)2-6(3-8(10)13)11(18)14-4-9-15-5-16-17-9/h2-3,5H,4H2,1H3,(H,14,18)(H,15,16,17). The monoisotopic (exact) mass is 300 g/mol. The van der Waals surface area contributed by atoms with E-state index in [0.717, 1.165) is 0 Å². The van der Waals surface area contributed by atoms with Crippen LogP contribution in [0.3, 0.4) is 0 Å². The van der Waals surface area contributed by atoms with Crippen LogP contribution < -0.4 is 10.1 Å². The second kappa shape index (κ2) is 5.90. The van der Waals surface area contributed by atoms with E-state index in [1.807, 2.05) is 0 Å². The Morgan fingerprint density at radius 2 is 2.11 bits per heavy atom. The molecule has 0 aliphatic heterocycles. The number of methoxy groups -OCH3 is 1. The highest BCUT2D eigenvalue weighted by atomic mass is 35.5. The summed E-state index contributed by atoms with van der Waals surface area (Å²) in [6.45, 7) is 0.236. The number of halogens is 2. The van der Waals surface area contributed by atoms with Gasteiger partial charge in [-0.1, -0.05) is 23.2 Å². The average Bonchev–Trinajstić information content (AvgIpc) is 2.88. The Balaban J connectivity index is 2.11. The van der Waals surface area contributed by atoms with Crippen molar-refractivity contribution >= 4 is 29.1 Å². The number of H-pyrrole nitrogens is 1. The fourth-order valence-corrected chi connectivity index (χ4v) is 2.11. The predicted molar refractivity (Wildman–Crippen MR) is 70.6 cm³/mol. The maximum absolute atomic E-state index is 11.9. The van der Waals surface area contributed by atoms with E-state index in [-0.39, 0.29) is 22.5 Å². The van der Waals surface area contributed by atoms with Crippen molar-refractivity contribution in [3.63, 3.8) is 0 Å². The lowest BCUT2D eigenvalue weighted by Crippen LogP contribution is -2.23. The molecule has 0 aliphatic rings. The first-order valence-electron chi connectivity index (χ1n) is 5.27. The Labute approximate surface area is 119 Å². The summed E-state index contributed by atoms with van der Waals surface area (Å²) in [5.74, 6) is 0.581. The van der Waals surface area contributed by atoms with Gasteiger partial charge < -0.3 is 10.1 Å². The van der Waals surface area contributed by atoms with Crippen LogP contribution in [0.1, 0.15) is 16.2 Å². The number of hydrogen-bond donors (Lipinski definition) is 2. The molecule has 100 valence electrons. The number of ether oxygens (including phenoxy) is 1. The van der Waals surface area contributed by atoms with E-state index in [1.54, 1.807) is 0 Å². The highest BCUT2D eigenvalue weighted by Crippen LogP contribution is 2.33. The highest BCUT2D eigenvalue weighted by Gasteiger charge is 2.13. The summed E-state index contributed by atoms with van der Waals surface area (Å²) in [5.41, 5.74) is 0.343. The summed E-state index contributed by atoms with van der Waals surface area (Å²) in [6, 6.07) is 2.98. The topological polar surface area (TPSA) is 79.9 Å². The zero-order chi connectivity index (χ0) is 13.8. The molecule has 6 nitrogen and oxygen atoms in total. The second-order valence-corrected chi connectivity index (χ2v) is 4.40. The fourth-order valence-electron chi connectivity index (χ4n) is 1.47. The van der Waals surface area contributed by atoms with Gasteiger partial charge in [0.15, 0.2) is 5.75 Å². The smallest absolute Gasteiger partial charge is 0.251 e. The van der Waals surface area contributed by atoms with Gasteiger partial charge in [-0.3, -0.25) is 9.89 Å². The Hall–Kier alpha value is -1.79. The van der Waals surface area contributed by atoms with Gasteiger partial charge in [0, 0.05) is 5.56 Å². The van der Waals surface area contributed by atoms with Crippen molar-refractivity contribution in [1.82, 2.24) is 20.5 Å². The van der Waals surface area contributed by atoms with Crippen LogP contribution in [-0.4, -0.2) is 28.2 Å². The summed E-state index contributed by atoms with van der Waals surface area (Å²) in [6.07, 6.45) is 1.36. The number of rotatable bonds is 4. The molecular formula is C11H10Cl2N4O2. The van der Waals surface area contributed by atoms with Crippen LogP contribution in [-0.2, 0) is 6.54 Å². The van der Waals surface area contributed by atoms with E-state index in [9.17, 15) is 4.79 Å². The van der Waals surface area contributed by atoms with E-state index in [2.05, 4.69) is 20.5 Å². The Kier molecular flexibility index (Phi) is 4.24. The SMILES string of the molecule is COc1c(Cl)cc(C(=O)NCc2ncn[nH]2)cc1Cl. The number of nitrogens with zero attached hydrogens (tertiary/aromatic N) is 2. The van der Waals surface area contributed by atoms with Gasteiger partial charge in [-0.05, 0) is 12.1 Å². The third kappa shape index (κ3) is 3.15. The van der Waals surface area contributed by atoms with Gasteiger partial charge in [0.2, 0.25) is 0 Å². The molecule has 2 rings (SSSR count). The number of carbonyl (C=O) groups excluding carboxylic acids is 1. The number of amides is 1. The minimum Gasteiger partial charge on any atom is -0.494 e. The van der Waals surface area contributed by atoms with Crippen molar-refractivity contribution in [1.29, 1.82) is 0 Å². The zero-order valence-corrected chi connectivity index (χ0v) is 11.4. The molecule has 0 unspecified atom stereocenters. The number of hydrogen-bond acceptors (Lipinski definition) is 4. The molecule has 0 spiro atoms. The second-order valence-electron chi connectivity index (χ2n) is 3.59. The van der Waals surface area contributed by atoms with Gasteiger partial charge >= 0.3 is 0 Å². The molecule has 1 aromatic carbocycles. The van der Waals surface area contributed by atoms with Gasteiger partial charge in [0.25, 0.3) is 5.91 Å². The van der Waals surface area contributed by atoms with Crippen molar-refractivity contribution in [2.75, 3.05) is 7.11 Å². The van der Waals surface area contributed by atoms with Crippen LogP contribution in [0.4, 0.5) is 0 Å². The van der Waals surface area contributed by atoms with Crippen LogP contribution in [0, 0.1) is 0 Å². The molecule has 0 saturated carbocycles. The van der Waals surface area contributed by atoms with Crippen molar-refractivity contribution in [2.24, 2.45) is 0 Å². The molecule has 0 bridgehead atoms. The molecule has 0 fully saturated rings. The lowest BCUT2D eigenvalue weighted by Gasteiger charge is -2.08. The largest absolute Gasteiger partial charge is 0.494 e. The first-order chi connectivity index (χ1) is 9.11. The summed E-state index contributed by atoms with van der Waals surface area (Å²) in [4.78, 5) is 15.8. The van der Waals surface area contributed by atoms with Crippen LogP contribution >= 0.6 is 23.2 Å².